The van der Waals surface area contributed by atoms with Crippen LogP contribution >= 0.6 is 0 Å². The zero-order valence-electron chi connectivity index (χ0n) is 17.2. The van der Waals surface area contributed by atoms with E-state index in [0.29, 0.717) is 35.3 Å². The summed E-state index contributed by atoms with van der Waals surface area (Å²) in [7, 11) is 6.45. The van der Waals surface area contributed by atoms with Crippen LogP contribution < -0.4 is 24.8 Å². The minimum atomic E-state index is -0.218. The van der Waals surface area contributed by atoms with Crippen LogP contribution in [0.3, 0.4) is 0 Å². The Labute approximate surface area is 165 Å². The fourth-order valence-electron chi connectivity index (χ4n) is 2.77. The molecule has 2 aromatic carbocycles. The maximum absolute atomic E-state index is 13.8. The highest BCUT2D eigenvalue weighted by molar-refractivity contribution is 5.80. The molecule has 0 saturated carbocycles. The summed E-state index contributed by atoms with van der Waals surface area (Å²) in [6.45, 7) is 4.15. The van der Waals surface area contributed by atoms with Gasteiger partial charge in [0.2, 0.25) is 0 Å². The van der Waals surface area contributed by atoms with Crippen molar-refractivity contribution in [2.45, 2.75) is 26.4 Å². The first-order valence-electron chi connectivity index (χ1n) is 8.95. The van der Waals surface area contributed by atoms with Gasteiger partial charge in [0.05, 0.1) is 27.4 Å². The molecule has 6 nitrogen and oxygen atoms in total. The van der Waals surface area contributed by atoms with Crippen LogP contribution in [-0.4, -0.2) is 34.3 Å². The number of nitrogens with zero attached hydrogens (tertiary/aromatic N) is 1. The number of ether oxygens (including phenoxy) is 3. The van der Waals surface area contributed by atoms with Crippen LogP contribution in [0.4, 0.5) is 4.39 Å². The zero-order valence-corrected chi connectivity index (χ0v) is 17.2. The van der Waals surface area contributed by atoms with Crippen molar-refractivity contribution in [3.05, 3.63) is 52.8 Å². The van der Waals surface area contributed by atoms with Gasteiger partial charge in [-0.2, -0.15) is 0 Å². The van der Waals surface area contributed by atoms with Gasteiger partial charge in [-0.1, -0.05) is 12.1 Å². The summed E-state index contributed by atoms with van der Waals surface area (Å²) < 4.78 is 30.0. The van der Waals surface area contributed by atoms with E-state index in [1.54, 1.807) is 47.4 Å². The molecule has 0 aromatic heterocycles. The second-order valence-electron chi connectivity index (χ2n) is 6.32. The van der Waals surface area contributed by atoms with E-state index < -0.39 is 0 Å². The monoisotopic (exact) mass is 389 g/mol. The molecule has 152 valence electrons. The van der Waals surface area contributed by atoms with Crippen molar-refractivity contribution < 1.29 is 18.6 Å². The van der Waals surface area contributed by atoms with E-state index in [0.717, 1.165) is 11.1 Å². The molecule has 0 amide bonds. The van der Waals surface area contributed by atoms with Gasteiger partial charge in [0.15, 0.2) is 17.5 Å². The number of hydrogen-bond acceptors (Lipinski definition) is 4. The third kappa shape index (κ3) is 5.06. The molecule has 0 aliphatic rings. The summed E-state index contributed by atoms with van der Waals surface area (Å²) in [5, 5.41) is 6.51. The SMILES string of the molecule is CN=C(NCc1cc(OC)c(OC)cc1OC)NC(C)c1ccc(C)c(F)c1. The number of halogens is 1. The van der Waals surface area contributed by atoms with E-state index in [4.69, 9.17) is 14.2 Å². The maximum Gasteiger partial charge on any atom is 0.191 e. The predicted octanol–water partition coefficient (Wildman–Crippen LogP) is 3.59. The van der Waals surface area contributed by atoms with Gasteiger partial charge in [0.25, 0.3) is 0 Å². The molecule has 0 aliphatic heterocycles. The predicted molar refractivity (Wildman–Crippen MR) is 109 cm³/mol. The molecule has 2 N–H and O–H groups in total. The second-order valence-corrected chi connectivity index (χ2v) is 6.32. The number of rotatable bonds is 7. The lowest BCUT2D eigenvalue weighted by Crippen LogP contribution is -2.38. The zero-order chi connectivity index (χ0) is 20.7. The first-order chi connectivity index (χ1) is 13.4. The van der Waals surface area contributed by atoms with Crippen LogP contribution in [0.25, 0.3) is 0 Å². The quantitative estimate of drug-likeness (QED) is 0.560. The molecule has 0 bridgehead atoms. The lowest BCUT2D eigenvalue weighted by molar-refractivity contribution is 0.347. The van der Waals surface area contributed by atoms with Crippen LogP contribution in [0.2, 0.25) is 0 Å². The normalized spacial score (nSPS) is 12.3. The summed E-state index contributed by atoms with van der Waals surface area (Å²) in [5.74, 6) is 2.26. The van der Waals surface area contributed by atoms with Gasteiger partial charge in [-0.25, -0.2) is 4.39 Å². The average molecular weight is 389 g/mol. The third-order valence-corrected chi connectivity index (χ3v) is 4.51. The van der Waals surface area contributed by atoms with Gasteiger partial charge in [0.1, 0.15) is 11.6 Å². The fraction of sp³-hybridized carbons (Fsp3) is 0.381. The molecule has 28 heavy (non-hydrogen) atoms. The first-order valence-corrected chi connectivity index (χ1v) is 8.95. The Morgan fingerprint density at radius 2 is 1.68 bits per heavy atom. The first kappa shape index (κ1) is 21.3. The molecule has 0 radical (unpaired) electrons. The number of aryl methyl sites for hydroxylation is 1. The lowest BCUT2D eigenvalue weighted by Gasteiger charge is -2.20. The van der Waals surface area contributed by atoms with Crippen LogP contribution in [0.1, 0.15) is 29.7 Å². The molecular weight excluding hydrogens is 361 g/mol. The Morgan fingerprint density at radius 3 is 2.25 bits per heavy atom. The smallest absolute Gasteiger partial charge is 0.191 e. The van der Waals surface area contributed by atoms with Gasteiger partial charge in [-0.15, -0.1) is 0 Å². The third-order valence-electron chi connectivity index (χ3n) is 4.51. The number of aliphatic imine (C=N–C) groups is 1. The molecule has 2 rings (SSSR count). The van der Waals surface area contributed by atoms with E-state index in [9.17, 15) is 4.39 Å². The number of guanidine groups is 1. The van der Waals surface area contributed by atoms with Gasteiger partial charge >= 0.3 is 0 Å². The molecule has 0 spiro atoms. The average Bonchev–Trinajstić information content (AvgIpc) is 2.71. The van der Waals surface area contributed by atoms with E-state index in [-0.39, 0.29) is 11.9 Å². The summed E-state index contributed by atoms with van der Waals surface area (Å²) in [5.41, 5.74) is 2.35. The molecule has 0 fully saturated rings. The molecule has 0 aliphatic carbocycles. The van der Waals surface area contributed by atoms with Crippen LogP contribution in [-0.2, 0) is 6.54 Å². The molecule has 7 heteroatoms. The highest BCUT2D eigenvalue weighted by Gasteiger charge is 2.14. The minimum Gasteiger partial charge on any atom is -0.496 e. The molecular formula is C21H28FN3O3. The van der Waals surface area contributed by atoms with Gasteiger partial charge in [0, 0.05) is 25.2 Å². The number of nitrogens with one attached hydrogen (secondary N) is 2. The second kappa shape index (κ2) is 9.82. The largest absolute Gasteiger partial charge is 0.496 e. The van der Waals surface area contributed by atoms with E-state index in [2.05, 4.69) is 15.6 Å². The van der Waals surface area contributed by atoms with Crippen molar-refractivity contribution in [3.8, 4) is 17.2 Å². The van der Waals surface area contributed by atoms with Crippen molar-refractivity contribution in [1.29, 1.82) is 0 Å². The molecule has 0 saturated heterocycles. The van der Waals surface area contributed by atoms with Crippen LogP contribution in [0.15, 0.2) is 35.3 Å². The Hall–Kier alpha value is -2.96. The lowest BCUT2D eigenvalue weighted by atomic mass is 10.1. The van der Waals surface area contributed by atoms with E-state index in [1.807, 2.05) is 19.1 Å². The van der Waals surface area contributed by atoms with E-state index in [1.165, 1.54) is 6.07 Å². The molecule has 1 atom stereocenters. The van der Waals surface area contributed by atoms with Crippen molar-refractivity contribution in [1.82, 2.24) is 10.6 Å². The highest BCUT2D eigenvalue weighted by Crippen LogP contribution is 2.34. The number of benzene rings is 2. The Bertz CT molecular complexity index is 840. The topological polar surface area (TPSA) is 64.1 Å². The fourth-order valence-corrected chi connectivity index (χ4v) is 2.77. The molecule has 2 aromatic rings. The van der Waals surface area contributed by atoms with Crippen molar-refractivity contribution in [3.63, 3.8) is 0 Å². The number of methoxy groups -OCH3 is 3. The van der Waals surface area contributed by atoms with Crippen molar-refractivity contribution in [2.24, 2.45) is 4.99 Å². The minimum absolute atomic E-state index is 0.117. The summed E-state index contributed by atoms with van der Waals surface area (Å²) in [6, 6.07) is 8.74. The standard InChI is InChI=1S/C21H28FN3O3/c1-13-7-8-15(9-17(13)22)14(2)25-21(23-3)24-12-16-10-19(27-5)20(28-6)11-18(16)26-4/h7-11,14H,12H2,1-6H3,(H2,23,24,25). The van der Waals surface area contributed by atoms with Crippen LogP contribution in [0.5, 0.6) is 17.2 Å². The summed E-state index contributed by atoms with van der Waals surface area (Å²) in [4.78, 5) is 4.24. The molecule has 0 heterocycles. The Kier molecular flexibility index (Phi) is 7.49. The van der Waals surface area contributed by atoms with E-state index >= 15 is 0 Å². The maximum atomic E-state index is 13.8. The molecule has 1 unspecified atom stereocenters. The summed E-state index contributed by atoms with van der Waals surface area (Å²) >= 11 is 0. The van der Waals surface area contributed by atoms with Gasteiger partial charge in [-0.05, 0) is 37.1 Å². The Balaban J connectivity index is 2.10. The van der Waals surface area contributed by atoms with Gasteiger partial charge in [-0.3, -0.25) is 4.99 Å². The highest BCUT2D eigenvalue weighted by atomic mass is 19.1. The Morgan fingerprint density at radius 1 is 1.04 bits per heavy atom. The summed E-state index contributed by atoms with van der Waals surface area (Å²) in [6.07, 6.45) is 0. The van der Waals surface area contributed by atoms with Crippen molar-refractivity contribution >= 4 is 5.96 Å². The van der Waals surface area contributed by atoms with Crippen molar-refractivity contribution in [2.75, 3.05) is 28.4 Å². The number of hydrogen-bond donors (Lipinski definition) is 2. The van der Waals surface area contributed by atoms with Crippen LogP contribution in [0, 0.1) is 12.7 Å². The van der Waals surface area contributed by atoms with Gasteiger partial charge < -0.3 is 24.8 Å².